The molecule has 1 amide bonds. The monoisotopic (exact) mass is 385 g/mol. The summed E-state index contributed by atoms with van der Waals surface area (Å²) in [6.07, 6.45) is 0. The zero-order valence-electron chi connectivity index (χ0n) is 15.0. The topological polar surface area (TPSA) is 45.7 Å². The van der Waals surface area contributed by atoms with Gasteiger partial charge >= 0.3 is 0 Å². The van der Waals surface area contributed by atoms with Crippen LogP contribution in [0.25, 0.3) is 10.2 Å². The Labute approximate surface area is 161 Å². The maximum absolute atomic E-state index is 13.4. The van der Waals surface area contributed by atoms with Crippen LogP contribution < -0.4 is 9.64 Å². The quantitative estimate of drug-likeness (QED) is 0.690. The molecule has 0 bridgehead atoms. The highest BCUT2D eigenvalue weighted by atomic mass is 32.1. The number of nitrogens with zero attached hydrogens (tertiary/aromatic N) is 3. The Kier molecular flexibility index (Phi) is 4.94. The Hall–Kier alpha value is -2.67. The van der Waals surface area contributed by atoms with E-state index in [1.54, 1.807) is 6.07 Å². The molecule has 0 unspecified atom stereocenters. The Morgan fingerprint density at radius 1 is 1.19 bits per heavy atom. The minimum Gasteiger partial charge on any atom is -0.484 e. The number of thiazole rings is 1. The number of piperazine rings is 1. The lowest BCUT2D eigenvalue weighted by Crippen LogP contribution is -2.50. The fraction of sp³-hybridized carbons (Fsp3) is 0.300. The molecule has 140 valence electrons. The van der Waals surface area contributed by atoms with Crippen LogP contribution in [0.5, 0.6) is 5.75 Å². The Balaban J connectivity index is 1.33. The molecule has 0 N–H and O–H groups in total. The Morgan fingerprint density at radius 3 is 2.78 bits per heavy atom. The molecule has 4 rings (SSSR count). The summed E-state index contributed by atoms with van der Waals surface area (Å²) in [5.41, 5.74) is 1.91. The number of fused-ring (bicyclic) bond motifs is 1. The smallest absolute Gasteiger partial charge is 0.260 e. The number of carbonyl (C=O) groups excluding carboxylic acids is 1. The van der Waals surface area contributed by atoms with Gasteiger partial charge in [-0.2, -0.15) is 0 Å². The van der Waals surface area contributed by atoms with Crippen molar-refractivity contribution in [2.24, 2.45) is 0 Å². The summed E-state index contributed by atoms with van der Waals surface area (Å²) < 4.78 is 19.8. The van der Waals surface area contributed by atoms with Gasteiger partial charge in [-0.1, -0.05) is 23.5 Å². The Morgan fingerprint density at radius 2 is 2.00 bits per heavy atom. The third-order valence-electron chi connectivity index (χ3n) is 4.59. The van der Waals surface area contributed by atoms with Crippen LogP contribution in [0.1, 0.15) is 5.56 Å². The van der Waals surface area contributed by atoms with Crippen LogP contribution in [0.15, 0.2) is 42.5 Å². The standard InChI is InChI=1S/C20H20FN3O2S/c1-14-3-2-4-16(11-14)26-13-19(25)23-7-9-24(10-8-23)20-22-17-6-5-15(21)12-18(17)27-20/h2-6,11-12H,7-10,13H2,1H3. The molecule has 0 spiro atoms. The maximum atomic E-state index is 13.4. The van der Waals surface area contributed by atoms with Gasteiger partial charge in [-0.3, -0.25) is 4.79 Å². The van der Waals surface area contributed by atoms with E-state index in [1.165, 1.54) is 23.5 Å². The molecule has 27 heavy (non-hydrogen) atoms. The first-order valence-electron chi connectivity index (χ1n) is 8.87. The number of anilines is 1. The summed E-state index contributed by atoms with van der Waals surface area (Å²) in [6.45, 7) is 4.70. The van der Waals surface area contributed by atoms with Gasteiger partial charge in [-0.05, 0) is 42.8 Å². The minimum absolute atomic E-state index is 0.0115. The first-order valence-corrected chi connectivity index (χ1v) is 9.68. The summed E-state index contributed by atoms with van der Waals surface area (Å²) in [5.74, 6) is 0.452. The lowest BCUT2D eigenvalue weighted by Gasteiger charge is -2.34. The molecule has 1 saturated heterocycles. The van der Waals surface area contributed by atoms with Crippen molar-refractivity contribution in [3.8, 4) is 5.75 Å². The van der Waals surface area contributed by atoms with Crippen molar-refractivity contribution in [1.29, 1.82) is 0 Å². The molecule has 2 heterocycles. The SMILES string of the molecule is Cc1cccc(OCC(=O)N2CCN(c3nc4ccc(F)cc4s3)CC2)c1. The zero-order valence-corrected chi connectivity index (χ0v) is 15.8. The average molecular weight is 385 g/mol. The normalized spacial score (nSPS) is 14.6. The van der Waals surface area contributed by atoms with E-state index in [-0.39, 0.29) is 18.3 Å². The summed E-state index contributed by atoms with van der Waals surface area (Å²) in [7, 11) is 0. The van der Waals surface area contributed by atoms with Crippen LogP contribution in [-0.2, 0) is 4.79 Å². The third kappa shape index (κ3) is 4.03. The van der Waals surface area contributed by atoms with Crippen LogP contribution in [-0.4, -0.2) is 48.6 Å². The molecular weight excluding hydrogens is 365 g/mol. The largest absolute Gasteiger partial charge is 0.484 e. The van der Waals surface area contributed by atoms with E-state index in [4.69, 9.17) is 4.74 Å². The van der Waals surface area contributed by atoms with Gasteiger partial charge in [0.2, 0.25) is 0 Å². The van der Waals surface area contributed by atoms with E-state index in [0.29, 0.717) is 31.9 Å². The van der Waals surface area contributed by atoms with Gasteiger partial charge in [0.05, 0.1) is 10.2 Å². The molecule has 1 aliphatic heterocycles. The third-order valence-corrected chi connectivity index (χ3v) is 5.67. The van der Waals surface area contributed by atoms with Crippen LogP contribution in [0.2, 0.25) is 0 Å². The summed E-state index contributed by atoms with van der Waals surface area (Å²) in [4.78, 5) is 21.0. The van der Waals surface area contributed by atoms with E-state index in [0.717, 1.165) is 20.9 Å². The maximum Gasteiger partial charge on any atom is 0.260 e. The van der Waals surface area contributed by atoms with Gasteiger partial charge in [0.15, 0.2) is 11.7 Å². The van der Waals surface area contributed by atoms with Crippen molar-refractivity contribution in [2.45, 2.75) is 6.92 Å². The number of aromatic nitrogens is 1. The number of amides is 1. The number of halogens is 1. The highest BCUT2D eigenvalue weighted by molar-refractivity contribution is 7.22. The molecule has 1 aliphatic rings. The molecule has 2 aromatic carbocycles. The van der Waals surface area contributed by atoms with Crippen molar-refractivity contribution >= 4 is 32.6 Å². The lowest BCUT2D eigenvalue weighted by atomic mass is 10.2. The van der Waals surface area contributed by atoms with Gasteiger partial charge in [0.25, 0.3) is 5.91 Å². The number of ether oxygens (including phenoxy) is 1. The molecule has 1 fully saturated rings. The van der Waals surface area contributed by atoms with Crippen LogP contribution in [0.3, 0.4) is 0 Å². The van der Waals surface area contributed by atoms with E-state index < -0.39 is 0 Å². The van der Waals surface area contributed by atoms with E-state index >= 15 is 0 Å². The molecule has 3 aromatic rings. The number of hydrogen-bond acceptors (Lipinski definition) is 5. The molecule has 5 nitrogen and oxygen atoms in total. The molecular formula is C20H20FN3O2S. The van der Waals surface area contributed by atoms with Crippen molar-refractivity contribution < 1.29 is 13.9 Å². The average Bonchev–Trinajstić information content (AvgIpc) is 3.09. The van der Waals surface area contributed by atoms with E-state index in [9.17, 15) is 9.18 Å². The van der Waals surface area contributed by atoms with Gasteiger partial charge in [-0.25, -0.2) is 9.37 Å². The van der Waals surface area contributed by atoms with Gasteiger partial charge < -0.3 is 14.5 Å². The molecule has 1 aromatic heterocycles. The highest BCUT2D eigenvalue weighted by Gasteiger charge is 2.23. The predicted octanol–water partition coefficient (Wildman–Crippen LogP) is 3.47. The van der Waals surface area contributed by atoms with Crippen molar-refractivity contribution in [3.05, 3.63) is 53.8 Å². The van der Waals surface area contributed by atoms with Gasteiger partial charge in [0, 0.05) is 26.2 Å². The summed E-state index contributed by atoms with van der Waals surface area (Å²) in [5, 5.41) is 0.874. The van der Waals surface area contributed by atoms with Crippen LogP contribution >= 0.6 is 11.3 Å². The lowest BCUT2D eigenvalue weighted by molar-refractivity contribution is -0.133. The summed E-state index contributed by atoms with van der Waals surface area (Å²) in [6, 6.07) is 12.3. The highest BCUT2D eigenvalue weighted by Crippen LogP contribution is 2.29. The van der Waals surface area contributed by atoms with Gasteiger partial charge in [-0.15, -0.1) is 0 Å². The second kappa shape index (κ2) is 7.52. The Bertz CT molecular complexity index is 967. The van der Waals surface area contributed by atoms with Crippen molar-refractivity contribution in [1.82, 2.24) is 9.88 Å². The first kappa shape index (κ1) is 17.7. The minimum atomic E-state index is -0.248. The molecule has 0 saturated carbocycles. The van der Waals surface area contributed by atoms with Crippen molar-refractivity contribution in [3.63, 3.8) is 0 Å². The fourth-order valence-electron chi connectivity index (χ4n) is 3.11. The van der Waals surface area contributed by atoms with Gasteiger partial charge in [0.1, 0.15) is 11.6 Å². The number of hydrogen-bond donors (Lipinski definition) is 0. The fourth-order valence-corrected chi connectivity index (χ4v) is 4.15. The molecule has 0 aliphatic carbocycles. The second-order valence-corrected chi connectivity index (χ2v) is 7.59. The van der Waals surface area contributed by atoms with Crippen LogP contribution in [0.4, 0.5) is 9.52 Å². The molecule has 7 heteroatoms. The van der Waals surface area contributed by atoms with E-state index in [2.05, 4.69) is 9.88 Å². The zero-order chi connectivity index (χ0) is 18.8. The van der Waals surface area contributed by atoms with Crippen LogP contribution in [0, 0.1) is 12.7 Å². The molecule has 0 radical (unpaired) electrons. The predicted molar refractivity (Wildman–Crippen MR) is 105 cm³/mol. The first-order chi connectivity index (χ1) is 13.1. The van der Waals surface area contributed by atoms with E-state index in [1.807, 2.05) is 36.1 Å². The number of rotatable bonds is 4. The molecule has 0 atom stereocenters. The van der Waals surface area contributed by atoms with Crippen molar-refractivity contribution in [2.75, 3.05) is 37.7 Å². The number of carbonyl (C=O) groups is 1. The number of benzene rings is 2. The summed E-state index contributed by atoms with van der Waals surface area (Å²) >= 11 is 1.48. The number of aryl methyl sites for hydroxylation is 1. The second-order valence-electron chi connectivity index (χ2n) is 6.58.